The van der Waals surface area contributed by atoms with Gasteiger partial charge in [0.05, 0.1) is 6.17 Å². The van der Waals surface area contributed by atoms with Gasteiger partial charge in [0, 0.05) is 19.8 Å². The second-order valence-electron chi connectivity index (χ2n) is 7.35. The number of hydrogen-bond donors (Lipinski definition) is 0. The molecule has 0 rings (SSSR count). The van der Waals surface area contributed by atoms with Crippen LogP contribution in [0.15, 0.2) is 0 Å². The summed E-state index contributed by atoms with van der Waals surface area (Å²) in [5.74, 6) is 0. The van der Waals surface area contributed by atoms with Gasteiger partial charge < -0.3 is 17.8 Å². The molecule has 0 saturated carbocycles. The van der Waals surface area contributed by atoms with Gasteiger partial charge in [-0.25, -0.2) is 0 Å². The van der Waals surface area contributed by atoms with Crippen molar-refractivity contribution in [2.75, 3.05) is 32.5 Å². The molecule has 0 heterocycles. The van der Waals surface area contributed by atoms with Gasteiger partial charge in [-0.15, -0.1) is 0 Å². The highest BCUT2D eigenvalue weighted by atomic mass is 28.4. The molecule has 0 aromatic carbocycles. The third-order valence-electron chi connectivity index (χ3n) is 5.18. The number of rotatable bonds is 13. The lowest BCUT2D eigenvalue weighted by molar-refractivity contribution is 0.0633. The Morgan fingerprint density at radius 3 is 1.21 bits per heavy atom. The largest absolute Gasteiger partial charge is 0.515 e. The molecule has 0 fully saturated rings. The van der Waals surface area contributed by atoms with Crippen LogP contribution < -0.4 is 0 Å². The average Bonchev–Trinajstić information content (AvgIpc) is 2.46. The standard InChI is InChI=1S/C18H43NO3Si2/c1-11-19(24(16(5)6,17(7)8)18(9)10)15-23(20-12-2,21-13-3)22-14-4/h16-18H,11-15H2,1-10H3. The Morgan fingerprint density at radius 1 is 0.667 bits per heavy atom. The highest BCUT2D eigenvalue weighted by Gasteiger charge is 2.52. The van der Waals surface area contributed by atoms with E-state index in [1.165, 1.54) is 0 Å². The maximum Gasteiger partial charge on any atom is 0.515 e. The molecule has 0 aliphatic rings. The molecule has 0 spiro atoms. The minimum absolute atomic E-state index is 0.642. The van der Waals surface area contributed by atoms with Crippen molar-refractivity contribution < 1.29 is 13.3 Å². The second kappa shape index (κ2) is 11.1. The molecule has 0 saturated heterocycles. The molecule has 0 aliphatic heterocycles. The molecule has 4 nitrogen and oxygen atoms in total. The van der Waals surface area contributed by atoms with E-state index in [2.05, 4.69) is 53.0 Å². The van der Waals surface area contributed by atoms with E-state index in [-0.39, 0.29) is 0 Å². The van der Waals surface area contributed by atoms with Gasteiger partial charge in [0.15, 0.2) is 0 Å². The molecule has 146 valence electrons. The quantitative estimate of drug-likeness (QED) is 0.419. The molecule has 0 aromatic heterocycles. The van der Waals surface area contributed by atoms with Crippen LogP contribution in [0.3, 0.4) is 0 Å². The summed E-state index contributed by atoms with van der Waals surface area (Å²) < 4.78 is 21.2. The zero-order valence-electron chi connectivity index (χ0n) is 17.9. The van der Waals surface area contributed by atoms with E-state index < -0.39 is 17.0 Å². The van der Waals surface area contributed by atoms with Crippen molar-refractivity contribution in [3.05, 3.63) is 0 Å². The van der Waals surface area contributed by atoms with E-state index in [0.717, 1.165) is 12.7 Å². The molecular weight excluding hydrogens is 334 g/mol. The van der Waals surface area contributed by atoms with E-state index in [0.29, 0.717) is 36.4 Å². The lowest BCUT2D eigenvalue weighted by atomic mass is 10.5. The SMILES string of the molecule is CCO[Si](CN(CC)[Si](C(C)C)(C(C)C)C(C)C)(OCC)OCC. The van der Waals surface area contributed by atoms with Gasteiger partial charge in [-0.3, -0.25) is 0 Å². The van der Waals surface area contributed by atoms with Gasteiger partial charge in [0.1, 0.15) is 8.24 Å². The van der Waals surface area contributed by atoms with Crippen molar-refractivity contribution in [2.45, 2.75) is 85.9 Å². The Kier molecular flexibility index (Phi) is 11.2. The molecule has 0 unspecified atom stereocenters. The van der Waals surface area contributed by atoms with Crippen LogP contribution in [-0.2, 0) is 13.3 Å². The predicted octanol–water partition coefficient (Wildman–Crippen LogP) is 5.07. The van der Waals surface area contributed by atoms with Crippen molar-refractivity contribution in [1.29, 1.82) is 0 Å². The molecule has 0 radical (unpaired) electrons. The summed E-state index contributed by atoms with van der Waals surface area (Å²) in [6.45, 7) is 25.8. The molecule has 0 bridgehead atoms. The van der Waals surface area contributed by atoms with Crippen LogP contribution in [0.4, 0.5) is 0 Å². The second-order valence-corrected chi connectivity index (χ2v) is 15.8. The third-order valence-corrected chi connectivity index (χ3v) is 15.6. The number of nitrogens with zero attached hydrogens (tertiary/aromatic N) is 1. The van der Waals surface area contributed by atoms with Gasteiger partial charge >= 0.3 is 8.80 Å². The van der Waals surface area contributed by atoms with Crippen molar-refractivity contribution in [1.82, 2.24) is 4.57 Å². The Bertz CT molecular complexity index is 299. The first-order valence-corrected chi connectivity index (χ1v) is 14.0. The highest BCUT2D eigenvalue weighted by Crippen LogP contribution is 2.44. The molecule has 0 atom stereocenters. The fourth-order valence-corrected chi connectivity index (χ4v) is 15.7. The van der Waals surface area contributed by atoms with E-state index in [1.54, 1.807) is 0 Å². The Balaban J connectivity index is 5.89. The smallest absolute Gasteiger partial charge is 0.373 e. The fraction of sp³-hybridized carbons (Fsp3) is 1.00. The minimum atomic E-state index is -2.67. The van der Waals surface area contributed by atoms with Crippen LogP contribution >= 0.6 is 0 Å². The van der Waals surface area contributed by atoms with Crippen LogP contribution in [-0.4, -0.2) is 54.1 Å². The lowest BCUT2D eigenvalue weighted by Gasteiger charge is -2.52. The molecule has 0 aliphatic carbocycles. The highest BCUT2D eigenvalue weighted by molar-refractivity contribution is 6.82. The minimum Gasteiger partial charge on any atom is -0.373 e. The van der Waals surface area contributed by atoms with Gasteiger partial charge in [-0.05, 0) is 43.9 Å². The Labute approximate surface area is 153 Å². The predicted molar refractivity (Wildman–Crippen MR) is 109 cm³/mol. The summed E-state index contributed by atoms with van der Waals surface area (Å²) in [7, 11) is -4.39. The first-order chi connectivity index (χ1) is 11.2. The van der Waals surface area contributed by atoms with Crippen LogP contribution in [0.1, 0.15) is 69.2 Å². The molecule has 24 heavy (non-hydrogen) atoms. The molecule has 0 N–H and O–H groups in total. The van der Waals surface area contributed by atoms with Crippen LogP contribution in [0, 0.1) is 0 Å². The summed E-state index contributed by atoms with van der Waals surface area (Å²) in [6.07, 6.45) is 0.819. The van der Waals surface area contributed by atoms with E-state index in [9.17, 15) is 0 Å². The zero-order chi connectivity index (χ0) is 19.0. The van der Waals surface area contributed by atoms with Crippen molar-refractivity contribution in [3.8, 4) is 0 Å². The van der Waals surface area contributed by atoms with Crippen LogP contribution in [0.5, 0.6) is 0 Å². The summed E-state index contributed by atoms with van der Waals surface area (Å²) in [6, 6.07) is 0. The summed E-state index contributed by atoms with van der Waals surface area (Å²) in [4.78, 5) is 0. The monoisotopic (exact) mass is 377 g/mol. The number of hydrogen-bond acceptors (Lipinski definition) is 4. The van der Waals surface area contributed by atoms with Gasteiger partial charge in [-0.2, -0.15) is 0 Å². The Hall–Kier alpha value is 0.274. The van der Waals surface area contributed by atoms with Crippen LogP contribution in [0.2, 0.25) is 16.6 Å². The summed E-state index contributed by atoms with van der Waals surface area (Å²) in [5, 5.41) is 0. The fourth-order valence-electron chi connectivity index (χ4n) is 4.77. The maximum absolute atomic E-state index is 6.15. The van der Waals surface area contributed by atoms with Crippen molar-refractivity contribution in [2.24, 2.45) is 0 Å². The molecule has 0 amide bonds. The lowest BCUT2D eigenvalue weighted by Crippen LogP contribution is -2.66. The van der Waals surface area contributed by atoms with E-state index in [1.807, 2.05) is 20.8 Å². The van der Waals surface area contributed by atoms with Crippen molar-refractivity contribution >= 4 is 17.0 Å². The van der Waals surface area contributed by atoms with Crippen LogP contribution in [0.25, 0.3) is 0 Å². The molecule has 0 aromatic rings. The topological polar surface area (TPSA) is 30.9 Å². The molecule has 6 heteroatoms. The molecular formula is C18H43NO3Si2. The normalized spacial score (nSPS) is 13.8. The van der Waals surface area contributed by atoms with Crippen molar-refractivity contribution in [3.63, 3.8) is 0 Å². The Morgan fingerprint density at radius 2 is 1.00 bits per heavy atom. The maximum atomic E-state index is 6.15. The summed E-state index contributed by atoms with van der Waals surface area (Å²) >= 11 is 0. The van der Waals surface area contributed by atoms with E-state index in [4.69, 9.17) is 13.3 Å². The third kappa shape index (κ3) is 5.38. The van der Waals surface area contributed by atoms with Gasteiger partial charge in [-0.1, -0.05) is 48.5 Å². The zero-order valence-corrected chi connectivity index (χ0v) is 19.9. The van der Waals surface area contributed by atoms with Gasteiger partial charge in [0.2, 0.25) is 0 Å². The average molecular weight is 378 g/mol. The first kappa shape index (κ1) is 24.3. The summed E-state index contributed by atoms with van der Waals surface area (Å²) in [5.41, 5.74) is 2.03. The van der Waals surface area contributed by atoms with Gasteiger partial charge in [0.25, 0.3) is 0 Å². The first-order valence-electron chi connectivity index (χ1n) is 9.85. The van der Waals surface area contributed by atoms with E-state index >= 15 is 0 Å².